The molecule has 25 heavy (non-hydrogen) atoms. The number of allylic oxidation sites excluding steroid dienone is 10. The molecular weight excluding hydrogens is 314 g/mol. The van der Waals surface area contributed by atoms with Crippen LogP contribution in [0.25, 0.3) is 5.69 Å². The molecule has 2 atom stereocenters. The summed E-state index contributed by atoms with van der Waals surface area (Å²) in [5, 5.41) is 0. The van der Waals surface area contributed by atoms with Gasteiger partial charge >= 0.3 is 11.4 Å². The van der Waals surface area contributed by atoms with Crippen LogP contribution in [0.4, 0.5) is 0 Å². The molecular formula is C20H15N3O2. The van der Waals surface area contributed by atoms with Crippen molar-refractivity contribution in [1.29, 1.82) is 0 Å². The maximum absolute atomic E-state index is 13.1. The number of aromatic nitrogens is 3. The van der Waals surface area contributed by atoms with Crippen LogP contribution in [0, 0.1) is 0 Å². The summed E-state index contributed by atoms with van der Waals surface area (Å²) < 4.78 is 4.39. The SMILES string of the molecule is O=c1n(-c2ccccc2)c(=O)n2n1[C@@H]1C=CC=CC3=C1[C@@H]2C=CC=C3. The van der Waals surface area contributed by atoms with Crippen molar-refractivity contribution in [2.24, 2.45) is 0 Å². The summed E-state index contributed by atoms with van der Waals surface area (Å²) in [6.07, 6.45) is 15.8. The normalized spacial score (nSPS) is 22.7. The largest absolute Gasteiger partial charge is 0.352 e. The van der Waals surface area contributed by atoms with Crippen molar-refractivity contribution in [2.75, 3.05) is 0 Å². The summed E-state index contributed by atoms with van der Waals surface area (Å²) in [6, 6.07) is 8.54. The summed E-state index contributed by atoms with van der Waals surface area (Å²) in [5.41, 5.74) is 2.06. The molecule has 5 nitrogen and oxygen atoms in total. The van der Waals surface area contributed by atoms with Crippen molar-refractivity contribution in [2.45, 2.75) is 12.1 Å². The summed E-state index contributed by atoms with van der Waals surface area (Å²) >= 11 is 0. The van der Waals surface area contributed by atoms with Crippen molar-refractivity contribution in [3.63, 3.8) is 0 Å². The molecule has 0 N–H and O–H groups in total. The Bertz CT molecular complexity index is 1070. The van der Waals surface area contributed by atoms with Crippen molar-refractivity contribution >= 4 is 0 Å². The molecule has 0 saturated carbocycles. The quantitative estimate of drug-likeness (QED) is 0.807. The Balaban J connectivity index is 1.85. The number of fused-ring (bicyclic) bond motifs is 3. The molecule has 0 fully saturated rings. The molecule has 122 valence electrons. The summed E-state index contributed by atoms with van der Waals surface area (Å²) in [5.74, 6) is 0. The molecule has 3 aliphatic rings. The molecule has 2 heterocycles. The van der Waals surface area contributed by atoms with Crippen LogP contribution in [0.5, 0.6) is 0 Å². The number of benzene rings is 1. The molecule has 5 heteroatoms. The first-order valence-electron chi connectivity index (χ1n) is 8.22. The summed E-state index contributed by atoms with van der Waals surface area (Å²) in [7, 11) is 0. The first-order chi connectivity index (χ1) is 12.3. The first-order valence-corrected chi connectivity index (χ1v) is 8.22. The molecule has 1 aromatic heterocycles. The maximum atomic E-state index is 13.1. The van der Waals surface area contributed by atoms with E-state index in [-0.39, 0.29) is 23.5 Å². The number of hydrogen-bond acceptors (Lipinski definition) is 2. The summed E-state index contributed by atoms with van der Waals surface area (Å²) in [4.78, 5) is 26.2. The monoisotopic (exact) mass is 329 g/mol. The Morgan fingerprint density at radius 1 is 0.720 bits per heavy atom. The van der Waals surface area contributed by atoms with Crippen molar-refractivity contribution in [3.8, 4) is 5.69 Å². The lowest BCUT2D eigenvalue weighted by molar-refractivity contribution is 0.524. The molecule has 1 aromatic carbocycles. The van der Waals surface area contributed by atoms with E-state index >= 15 is 0 Å². The van der Waals surface area contributed by atoms with Gasteiger partial charge in [0, 0.05) is 0 Å². The van der Waals surface area contributed by atoms with Gasteiger partial charge in [-0.2, -0.15) is 0 Å². The molecule has 0 saturated heterocycles. The van der Waals surface area contributed by atoms with E-state index in [0.29, 0.717) is 5.69 Å². The highest BCUT2D eigenvalue weighted by Crippen LogP contribution is 2.40. The van der Waals surface area contributed by atoms with Gasteiger partial charge in [0.1, 0.15) is 0 Å². The second-order valence-electron chi connectivity index (χ2n) is 6.21. The average Bonchev–Trinajstić information content (AvgIpc) is 2.86. The minimum absolute atomic E-state index is 0.257. The van der Waals surface area contributed by atoms with Crippen LogP contribution in [0.15, 0.2) is 99.7 Å². The van der Waals surface area contributed by atoms with Crippen molar-refractivity contribution in [1.82, 2.24) is 13.9 Å². The molecule has 0 unspecified atom stereocenters. The fourth-order valence-corrected chi connectivity index (χ4v) is 3.83. The van der Waals surface area contributed by atoms with Crippen LogP contribution >= 0.6 is 0 Å². The predicted molar refractivity (Wildman–Crippen MR) is 95.9 cm³/mol. The first kappa shape index (κ1) is 14.0. The Kier molecular flexibility index (Phi) is 2.85. The van der Waals surface area contributed by atoms with E-state index in [1.165, 1.54) is 4.57 Å². The van der Waals surface area contributed by atoms with E-state index in [4.69, 9.17) is 0 Å². The second-order valence-corrected chi connectivity index (χ2v) is 6.21. The van der Waals surface area contributed by atoms with Crippen LogP contribution in [0.3, 0.4) is 0 Å². The van der Waals surface area contributed by atoms with Gasteiger partial charge in [-0.05, 0) is 23.3 Å². The van der Waals surface area contributed by atoms with Gasteiger partial charge in [0.25, 0.3) is 0 Å². The van der Waals surface area contributed by atoms with Gasteiger partial charge in [0.15, 0.2) is 0 Å². The third kappa shape index (κ3) is 1.83. The van der Waals surface area contributed by atoms with E-state index in [2.05, 4.69) is 0 Å². The van der Waals surface area contributed by atoms with E-state index in [9.17, 15) is 9.59 Å². The van der Waals surface area contributed by atoms with Gasteiger partial charge in [0.05, 0.1) is 17.8 Å². The summed E-state index contributed by atoms with van der Waals surface area (Å²) in [6.45, 7) is 0. The van der Waals surface area contributed by atoms with Crippen LogP contribution in [0.1, 0.15) is 12.1 Å². The lowest BCUT2D eigenvalue weighted by Crippen LogP contribution is -2.30. The van der Waals surface area contributed by atoms with Gasteiger partial charge in [-0.3, -0.25) is 0 Å². The zero-order valence-electron chi connectivity index (χ0n) is 13.3. The van der Waals surface area contributed by atoms with Gasteiger partial charge < -0.3 is 0 Å². The number of rotatable bonds is 1. The van der Waals surface area contributed by atoms with E-state index < -0.39 is 0 Å². The fourth-order valence-electron chi connectivity index (χ4n) is 3.83. The van der Waals surface area contributed by atoms with Crippen LogP contribution in [0.2, 0.25) is 0 Å². The standard InChI is InChI=1S/C20H15N3O2/c24-19-21(15-10-2-1-3-11-15)20(25)23-17-13-7-5-9-14-8-4-6-12-16(18(14)17)22(19)23/h1-13,16-17H/t16-,17+. The molecule has 0 bridgehead atoms. The lowest BCUT2D eigenvalue weighted by atomic mass is 9.96. The molecule has 2 aliphatic carbocycles. The average molecular weight is 329 g/mol. The molecule has 1 aliphatic heterocycles. The molecule has 0 radical (unpaired) electrons. The highest BCUT2D eigenvalue weighted by atomic mass is 16.2. The zero-order valence-corrected chi connectivity index (χ0v) is 13.3. The Morgan fingerprint density at radius 3 is 1.84 bits per heavy atom. The zero-order chi connectivity index (χ0) is 17.0. The Morgan fingerprint density at radius 2 is 1.28 bits per heavy atom. The molecule has 5 rings (SSSR count). The van der Waals surface area contributed by atoms with Gasteiger partial charge in [0.2, 0.25) is 0 Å². The predicted octanol–water partition coefficient (Wildman–Crippen LogP) is 2.45. The van der Waals surface area contributed by atoms with Crippen LogP contribution in [-0.4, -0.2) is 13.9 Å². The fraction of sp³-hybridized carbons (Fsp3) is 0.100. The highest BCUT2D eigenvalue weighted by molar-refractivity contribution is 5.49. The minimum Gasteiger partial charge on any atom is -0.245 e. The second kappa shape index (κ2) is 5.08. The minimum atomic E-state index is -0.315. The van der Waals surface area contributed by atoms with Gasteiger partial charge in [-0.1, -0.05) is 66.8 Å². The van der Waals surface area contributed by atoms with Gasteiger partial charge in [-0.15, -0.1) is 0 Å². The Labute approximate surface area is 143 Å². The van der Waals surface area contributed by atoms with Crippen LogP contribution < -0.4 is 11.4 Å². The Hall–Kier alpha value is -3.34. The maximum Gasteiger partial charge on any atom is 0.352 e. The topological polar surface area (TPSA) is 48.9 Å². The van der Waals surface area contributed by atoms with E-state index in [1.54, 1.807) is 21.5 Å². The van der Waals surface area contributed by atoms with E-state index in [0.717, 1.165) is 11.1 Å². The van der Waals surface area contributed by atoms with Crippen molar-refractivity contribution < 1.29 is 0 Å². The van der Waals surface area contributed by atoms with Crippen molar-refractivity contribution in [3.05, 3.63) is 111 Å². The van der Waals surface area contributed by atoms with Crippen LogP contribution in [-0.2, 0) is 0 Å². The molecule has 0 spiro atoms. The molecule has 0 amide bonds. The number of para-hydroxylation sites is 1. The third-order valence-corrected chi connectivity index (χ3v) is 4.88. The third-order valence-electron chi connectivity index (χ3n) is 4.88. The highest BCUT2D eigenvalue weighted by Gasteiger charge is 2.39. The number of hydrogen-bond donors (Lipinski definition) is 0. The molecule has 2 aromatic rings. The smallest absolute Gasteiger partial charge is 0.245 e. The van der Waals surface area contributed by atoms with E-state index in [1.807, 2.05) is 66.8 Å². The number of nitrogens with zero attached hydrogens (tertiary/aromatic N) is 3. The lowest BCUT2D eigenvalue weighted by Gasteiger charge is -2.12. The van der Waals surface area contributed by atoms with Gasteiger partial charge in [-0.25, -0.2) is 23.5 Å².